The van der Waals surface area contributed by atoms with E-state index in [0.29, 0.717) is 28.4 Å². The van der Waals surface area contributed by atoms with Crippen LogP contribution in [0.15, 0.2) is 42.5 Å². The number of hydrogen-bond donors (Lipinski definition) is 4. The van der Waals surface area contributed by atoms with E-state index in [1.807, 2.05) is 6.92 Å². The Morgan fingerprint density at radius 1 is 0.879 bits per heavy atom. The summed E-state index contributed by atoms with van der Waals surface area (Å²) in [4.78, 5) is 36.7. The molecule has 0 saturated heterocycles. The Hall–Kier alpha value is -3.06. The van der Waals surface area contributed by atoms with Gasteiger partial charge in [-0.25, -0.2) is 0 Å². The lowest BCUT2D eigenvalue weighted by Crippen LogP contribution is -2.36. The molecule has 4 N–H and O–H groups in total. The molecule has 3 rings (SSSR count). The molecule has 176 valence electrons. The van der Waals surface area contributed by atoms with Gasteiger partial charge in [-0.1, -0.05) is 37.8 Å². The molecule has 0 unspecified atom stereocenters. The highest BCUT2D eigenvalue weighted by Gasteiger charge is 2.19. The fourth-order valence-corrected chi connectivity index (χ4v) is 4.00. The first-order chi connectivity index (χ1) is 15.9. The maximum Gasteiger partial charge on any atom is 0.253 e. The predicted octanol–water partition coefficient (Wildman–Crippen LogP) is 5.19. The van der Waals surface area contributed by atoms with Crippen LogP contribution >= 0.6 is 11.6 Å². The fraction of sp³-hybridized carbons (Fsp3) is 0.400. The minimum absolute atomic E-state index is 0.0210. The zero-order valence-electron chi connectivity index (χ0n) is 18.9. The highest BCUT2D eigenvalue weighted by molar-refractivity contribution is 6.34. The van der Waals surface area contributed by atoms with Crippen molar-refractivity contribution < 1.29 is 14.4 Å². The van der Waals surface area contributed by atoms with Gasteiger partial charge >= 0.3 is 0 Å². The van der Waals surface area contributed by atoms with Gasteiger partial charge in [0.2, 0.25) is 11.8 Å². The fourth-order valence-electron chi connectivity index (χ4n) is 3.80. The number of amides is 3. The molecule has 0 spiro atoms. The average molecular weight is 471 g/mol. The Labute approximate surface area is 199 Å². The van der Waals surface area contributed by atoms with Gasteiger partial charge in [-0.15, -0.1) is 0 Å². The van der Waals surface area contributed by atoms with E-state index in [4.69, 9.17) is 11.6 Å². The molecule has 2 aromatic rings. The maximum atomic E-state index is 12.7. The van der Waals surface area contributed by atoms with Crippen LogP contribution in [0.2, 0.25) is 5.02 Å². The quantitative estimate of drug-likeness (QED) is 0.405. The number of carbonyl (C=O) groups is 3. The summed E-state index contributed by atoms with van der Waals surface area (Å²) in [5, 5.41) is 12.1. The molecule has 0 bridgehead atoms. The summed E-state index contributed by atoms with van der Waals surface area (Å²) in [6.45, 7) is 2.00. The molecule has 1 aliphatic rings. The molecule has 1 saturated carbocycles. The smallest absolute Gasteiger partial charge is 0.253 e. The van der Waals surface area contributed by atoms with Crippen LogP contribution in [0.3, 0.4) is 0 Å². The molecule has 3 amide bonds. The van der Waals surface area contributed by atoms with E-state index in [2.05, 4.69) is 21.3 Å². The van der Waals surface area contributed by atoms with Gasteiger partial charge in [0, 0.05) is 29.5 Å². The summed E-state index contributed by atoms with van der Waals surface area (Å²) in [5.74, 6) is -0.490. The van der Waals surface area contributed by atoms with Gasteiger partial charge in [-0.3, -0.25) is 14.4 Å². The van der Waals surface area contributed by atoms with Crippen molar-refractivity contribution in [3.8, 4) is 0 Å². The highest BCUT2D eigenvalue weighted by atomic mass is 35.5. The van der Waals surface area contributed by atoms with Crippen molar-refractivity contribution >= 4 is 46.4 Å². The van der Waals surface area contributed by atoms with Gasteiger partial charge in [0.05, 0.1) is 17.1 Å². The molecular weight excluding hydrogens is 440 g/mol. The second-order valence-corrected chi connectivity index (χ2v) is 8.69. The summed E-state index contributed by atoms with van der Waals surface area (Å²) < 4.78 is 0. The summed E-state index contributed by atoms with van der Waals surface area (Å²) in [6.07, 6.45) is 6.70. The van der Waals surface area contributed by atoms with Crippen molar-refractivity contribution in [2.45, 2.75) is 57.9 Å². The SMILES string of the molecule is CCCC(=O)Nc1ccc(NCC(=O)Nc2ccc(Cl)c(C(=O)NC3CCCCC3)c2)cc1. The van der Waals surface area contributed by atoms with Gasteiger partial charge in [0.15, 0.2) is 0 Å². The van der Waals surface area contributed by atoms with Gasteiger partial charge < -0.3 is 21.3 Å². The average Bonchev–Trinajstić information content (AvgIpc) is 2.80. The third-order valence-corrected chi connectivity index (χ3v) is 5.86. The van der Waals surface area contributed by atoms with Crippen LogP contribution in [0.25, 0.3) is 0 Å². The second-order valence-electron chi connectivity index (χ2n) is 8.28. The van der Waals surface area contributed by atoms with Crippen molar-refractivity contribution in [1.82, 2.24) is 5.32 Å². The molecule has 0 atom stereocenters. The number of hydrogen-bond acceptors (Lipinski definition) is 4. The zero-order valence-corrected chi connectivity index (χ0v) is 19.6. The molecule has 1 aliphatic carbocycles. The second kappa shape index (κ2) is 12.3. The van der Waals surface area contributed by atoms with Crippen LogP contribution in [0.1, 0.15) is 62.2 Å². The lowest BCUT2D eigenvalue weighted by atomic mass is 9.95. The van der Waals surface area contributed by atoms with Crippen molar-refractivity contribution in [3.63, 3.8) is 0 Å². The number of halogens is 1. The zero-order chi connectivity index (χ0) is 23.6. The molecule has 2 aromatic carbocycles. The maximum absolute atomic E-state index is 12.7. The van der Waals surface area contributed by atoms with Gasteiger partial charge in [-0.2, -0.15) is 0 Å². The summed E-state index contributed by atoms with van der Waals surface area (Å²) >= 11 is 6.24. The number of anilines is 3. The molecule has 33 heavy (non-hydrogen) atoms. The van der Waals surface area contributed by atoms with Gasteiger partial charge in [0.25, 0.3) is 5.91 Å². The molecule has 8 heteroatoms. The number of nitrogens with one attached hydrogen (secondary N) is 4. The van der Waals surface area contributed by atoms with Gasteiger partial charge in [0.1, 0.15) is 0 Å². The molecule has 0 heterocycles. The summed E-state index contributed by atoms with van der Waals surface area (Å²) in [6, 6.07) is 12.2. The van der Waals surface area contributed by atoms with Crippen LogP contribution in [0.5, 0.6) is 0 Å². The minimum Gasteiger partial charge on any atom is -0.376 e. The molecular formula is C25H31ClN4O3. The first-order valence-corrected chi connectivity index (χ1v) is 11.9. The van der Waals surface area contributed by atoms with Gasteiger partial charge in [-0.05, 0) is 61.7 Å². The molecule has 0 aromatic heterocycles. The first-order valence-electron chi connectivity index (χ1n) is 11.5. The predicted molar refractivity (Wildman–Crippen MR) is 133 cm³/mol. The lowest BCUT2D eigenvalue weighted by Gasteiger charge is -2.23. The van der Waals surface area contributed by atoms with Crippen LogP contribution in [0.4, 0.5) is 17.1 Å². The topological polar surface area (TPSA) is 99.3 Å². The van der Waals surface area contributed by atoms with E-state index in [9.17, 15) is 14.4 Å². The Kier molecular flexibility index (Phi) is 9.13. The highest BCUT2D eigenvalue weighted by Crippen LogP contribution is 2.23. The monoisotopic (exact) mass is 470 g/mol. The summed E-state index contributed by atoms with van der Waals surface area (Å²) in [7, 11) is 0. The number of benzene rings is 2. The van der Waals surface area contributed by atoms with Crippen molar-refractivity contribution in [1.29, 1.82) is 0 Å². The van der Waals surface area contributed by atoms with E-state index in [0.717, 1.165) is 37.8 Å². The Morgan fingerprint density at radius 3 is 2.21 bits per heavy atom. The number of carbonyl (C=O) groups excluding carboxylic acids is 3. The van der Waals surface area contributed by atoms with Crippen LogP contribution < -0.4 is 21.3 Å². The molecule has 0 radical (unpaired) electrons. The largest absolute Gasteiger partial charge is 0.376 e. The molecule has 0 aliphatic heterocycles. The van der Waals surface area contributed by atoms with E-state index < -0.39 is 0 Å². The third-order valence-electron chi connectivity index (χ3n) is 5.53. The Morgan fingerprint density at radius 2 is 1.52 bits per heavy atom. The van der Waals surface area contributed by atoms with E-state index in [-0.39, 0.29) is 30.3 Å². The Bertz CT molecular complexity index is 972. The van der Waals surface area contributed by atoms with Crippen LogP contribution in [-0.4, -0.2) is 30.3 Å². The lowest BCUT2D eigenvalue weighted by molar-refractivity contribution is -0.116. The van der Waals surface area contributed by atoms with Crippen molar-refractivity contribution in [3.05, 3.63) is 53.1 Å². The van der Waals surface area contributed by atoms with E-state index in [1.54, 1.807) is 42.5 Å². The third kappa shape index (κ3) is 7.79. The first kappa shape index (κ1) is 24.6. The Balaban J connectivity index is 1.51. The normalized spacial score (nSPS) is 13.8. The van der Waals surface area contributed by atoms with Crippen molar-refractivity contribution in [2.75, 3.05) is 22.5 Å². The molecule has 1 fully saturated rings. The van der Waals surface area contributed by atoms with E-state index >= 15 is 0 Å². The molecule has 7 nitrogen and oxygen atoms in total. The van der Waals surface area contributed by atoms with E-state index in [1.165, 1.54) is 6.42 Å². The minimum atomic E-state index is -0.253. The van der Waals surface area contributed by atoms with Crippen LogP contribution in [-0.2, 0) is 9.59 Å². The van der Waals surface area contributed by atoms with Crippen LogP contribution in [0, 0.1) is 0 Å². The van der Waals surface area contributed by atoms with Crippen molar-refractivity contribution in [2.24, 2.45) is 0 Å². The summed E-state index contributed by atoms with van der Waals surface area (Å²) in [5.41, 5.74) is 2.33. The standard InChI is InChI=1S/C25H31ClN4O3/c1-2-6-23(31)28-19-11-9-17(10-12-19)27-16-24(32)29-20-13-14-22(26)21(15-20)25(33)30-18-7-4-3-5-8-18/h9-15,18,27H,2-8,16H2,1H3,(H,28,31)(H,29,32)(H,30,33). The number of rotatable bonds is 9.